The van der Waals surface area contributed by atoms with Crippen molar-refractivity contribution in [2.24, 2.45) is 0 Å². The SMILES string of the molecule is COC(C)C(C)NCc1cnc[nH]1. The lowest BCUT2D eigenvalue weighted by atomic mass is 10.2. The van der Waals surface area contributed by atoms with E-state index < -0.39 is 0 Å². The summed E-state index contributed by atoms with van der Waals surface area (Å²) in [7, 11) is 1.72. The van der Waals surface area contributed by atoms with Crippen LogP contribution in [-0.2, 0) is 11.3 Å². The zero-order valence-corrected chi connectivity index (χ0v) is 8.37. The number of hydrogen-bond donors (Lipinski definition) is 2. The summed E-state index contributed by atoms with van der Waals surface area (Å²) in [6, 6.07) is 0.341. The zero-order chi connectivity index (χ0) is 9.68. The van der Waals surface area contributed by atoms with Gasteiger partial charge in [-0.2, -0.15) is 0 Å². The van der Waals surface area contributed by atoms with Gasteiger partial charge in [-0.15, -0.1) is 0 Å². The maximum atomic E-state index is 5.19. The monoisotopic (exact) mass is 183 g/mol. The Labute approximate surface area is 78.7 Å². The smallest absolute Gasteiger partial charge is 0.0922 e. The fourth-order valence-electron chi connectivity index (χ4n) is 1.02. The highest BCUT2D eigenvalue weighted by Crippen LogP contribution is 1.98. The average Bonchev–Trinajstić information content (AvgIpc) is 2.65. The predicted molar refractivity (Wildman–Crippen MR) is 51.4 cm³/mol. The van der Waals surface area contributed by atoms with Gasteiger partial charge in [0, 0.05) is 31.6 Å². The number of methoxy groups -OCH3 is 1. The van der Waals surface area contributed by atoms with Gasteiger partial charge in [0.15, 0.2) is 0 Å². The van der Waals surface area contributed by atoms with Crippen LogP contribution in [0.2, 0.25) is 0 Å². The molecule has 2 unspecified atom stereocenters. The van der Waals surface area contributed by atoms with E-state index in [0.717, 1.165) is 12.2 Å². The second kappa shape index (κ2) is 4.99. The second-order valence-electron chi connectivity index (χ2n) is 3.19. The fourth-order valence-corrected chi connectivity index (χ4v) is 1.02. The van der Waals surface area contributed by atoms with Crippen LogP contribution in [0.5, 0.6) is 0 Å². The van der Waals surface area contributed by atoms with Crippen LogP contribution in [0.25, 0.3) is 0 Å². The van der Waals surface area contributed by atoms with Crippen molar-refractivity contribution in [2.75, 3.05) is 7.11 Å². The first-order valence-corrected chi connectivity index (χ1v) is 4.47. The minimum absolute atomic E-state index is 0.225. The molecule has 0 aliphatic rings. The molecule has 4 heteroatoms. The normalized spacial score (nSPS) is 15.6. The number of ether oxygens (including phenoxy) is 1. The molecule has 0 bridgehead atoms. The van der Waals surface area contributed by atoms with Crippen molar-refractivity contribution in [3.63, 3.8) is 0 Å². The van der Waals surface area contributed by atoms with Crippen molar-refractivity contribution >= 4 is 0 Å². The summed E-state index contributed by atoms with van der Waals surface area (Å²) < 4.78 is 5.19. The topological polar surface area (TPSA) is 49.9 Å². The third-order valence-electron chi connectivity index (χ3n) is 2.25. The first-order chi connectivity index (χ1) is 6.24. The maximum Gasteiger partial charge on any atom is 0.0922 e. The Kier molecular flexibility index (Phi) is 3.92. The molecule has 2 N–H and O–H groups in total. The van der Waals surface area contributed by atoms with E-state index in [2.05, 4.69) is 22.2 Å². The van der Waals surface area contributed by atoms with Gasteiger partial charge in [0.2, 0.25) is 0 Å². The summed E-state index contributed by atoms with van der Waals surface area (Å²) in [4.78, 5) is 6.97. The molecule has 0 amide bonds. The van der Waals surface area contributed by atoms with E-state index in [0.29, 0.717) is 6.04 Å². The van der Waals surface area contributed by atoms with Crippen molar-refractivity contribution in [3.8, 4) is 0 Å². The van der Waals surface area contributed by atoms with Crippen molar-refractivity contribution in [2.45, 2.75) is 32.5 Å². The number of nitrogens with zero attached hydrogens (tertiary/aromatic N) is 1. The molecule has 1 aromatic heterocycles. The molecule has 4 nitrogen and oxygen atoms in total. The number of hydrogen-bond acceptors (Lipinski definition) is 3. The second-order valence-corrected chi connectivity index (χ2v) is 3.19. The number of aromatic amines is 1. The van der Waals surface area contributed by atoms with E-state index in [-0.39, 0.29) is 6.10 Å². The molecule has 1 rings (SSSR count). The lowest BCUT2D eigenvalue weighted by Crippen LogP contribution is -2.36. The van der Waals surface area contributed by atoms with Gasteiger partial charge in [-0.3, -0.25) is 0 Å². The minimum Gasteiger partial charge on any atom is -0.380 e. The molecule has 0 saturated carbocycles. The van der Waals surface area contributed by atoms with E-state index in [9.17, 15) is 0 Å². The van der Waals surface area contributed by atoms with Gasteiger partial charge in [0.1, 0.15) is 0 Å². The van der Waals surface area contributed by atoms with E-state index in [1.165, 1.54) is 0 Å². The highest BCUT2D eigenvalue weighted by molar-refractivity contribution is 4.93. The van der Waals surface area contributed by atoms with E-state index in [4.69, 9.17) is 4.74 Å². The maximum absolute atomic E-state index is 5.19. The van der Waals surface area contributed by atoms with Crippen LogP contribution < -0.4 is 5.32 Å². The molecule has 74 valence electrons. The van der Waals surface area contributed by atoms with Gasteiger partial charge in [-0.05, 0) is 13.8 Å². The molecule has 0 aromatic carbocycles. The number of nitrogens with one attached hydrogen (secondary N) is 2. The van der Waals surface area contributed by atoms with Crippen LogP contribution in [0, 0.1) is 0 Å². The molecular formula is C9H17N3O. The predicted octanol–water partition coefficient (Wildman–Crippen LogP) is 0.923. The largest absolute Gasteiger partial charge is 0.380 e. The highest BCUT2D eigenvalue weighted by Gasteiger charge is 2.09. The molecule has 0 fully saturated rings. The summed E-state index contributed by atoms with van der Waals surface area (Å²) >= 11 is 0. The van der Waals surface area contributed by atoms with Crippen LogP contribution in [0.1, 0.15) is 19.5 Å². The molecule has 13 heavy (non-hydrogen) atoms. The standard InChI is InChI=1S/C9H17N3O/c1-7(8(2)13-3)11-5-9-4-10-6-12-9/h4,6-8,11H,5H2,1-3H3,(H,10,12). The third kappa shape index (κ3) is 3.16. The molecule has 0 radical (unpaired) electrons. The van der Waals surface area contributed by atoms with E-state index in [1.54, 1.807) is 13.4 Å². The van der Waals surface area contributed by atoms with Crippen LogP contribution in [-0.4, -0.2) is 29.2 Å². The molecule has 0 aliphatic carbocycles. The number of imidazole rings is 1. The van der Waals surface area contributed by atoms with Gasteiger partial charge in [0.25, 0.3) is 0 Å². The van der Waals surface area contributed by atoms with E-state index >= 15 is 0 Å². The third-order valence-corrected chi connectivity index (χ3v) is 2.25. The van der Waals surface area contributed by atoms with Crippen LogP contribution in [0.3, 0.4) is 0 Å². The molecule has 0 spiro atoms. The van der Waals surface area contributed by atoms with Gasteiger partial charge < -0.3 is 15.0 Å². The first-order valence-electron chi connectivity index (χ1n) is 4.47. The van der Waals surface area contributed by atoms with E-state index in [1.807, 2.05) is 13.1 Å². The molecule has 1 aromatic rings. The molecular weight excluding hydrogens is 166 g/mol. The molecule has 0 saturated heterocycles. The number of H-pyrrole nitrogens is 1. The van der Waals surface area contributed by atoms with Gasteiger partial charge in [-0.1, -0.05) is 0 Å². The Morgan fingerprint density at radius 2 is 2.38 bits per heavy atom. The Hall–Kier alpha value is -0.870. The highest BCUT2D eigenvalue weighted by atomic mass is 16.5. The summed E-state index contributed by atoms with van der Waals surface area (Å²) in [5, 5.41) is 3.34. The Morgan fingerprint density at radius 3 is 2.92 bits per heavy atom. The quantitative estimate of drug-likeness (QED) is 0.713. The fraction of sp³-hybridized carbons (Fsp3) is 0.667. The molecule has 2 atom stereocenters. The van der Waals surface area contributed by atoms with Gasteiger partial charge >= 0.3 is 0 Å². The summed E-state index contributed by atoms with van der Waals surface area (Å²) in [6.45, 7) is 4.95. The summed E-state index contributed by atoms with van der Waals surface area (Å²) in [5.41, 5.74) is 1.09. The number of rotatable bonds is 5. The molecule has 1 heterocycles. The number of aromatic nitrogens is 2. The Morgan fingerprint density at radius 1 is 1.62 bits per heavy atom. The van der Waals surface area contributed by atoms with Crippen LogP contribution in [0.15, 0.2) is 12.5 Å². The Bertz CT molecular complexity index is 223. The van der Waals surface area contributed by atoms with Crippen molar-refractivity contribution in [1.29, 1.82) is 0 Å². The first kappa shape index (κ1) is 10.2. The van der Waals surface area contributed by atoms with Gasteiger partial charge in [0.05, 0.1) is 12.4 Å². The van der Waals surface area contributed by atoms with Crippen molar-refractivity contribution in [1.82, 2.24) is 15.3 Å². The zero-order valence-electron chi connectivity index (χ0n) is 8.37. The average molecular weight is 183 g/mol. The summed E-state index contributed by atoms with van der Waals surface area (Å²) in [5.74, 6) is 0. The Balaban J connectivity index is 2.26. The summed E-state index contributed by atoms with van der Waals surface area (Å²) in [6.07, 6.45) is 3.72. The van der Waals surface area contributed by atoms with Gasteiger partial charge in [-0.25, -0.2) is 4.98 Å². The van der Waals surface area contributed by atoms with Crippen LogP contribution in [0.4, 0.5) is 0 Å². The van der Waals surface area contributed by atoms with Crippen molar-refractivity contribution < 1.29 is 4.74 Å². The van der Waals surface area contributed by atoms with Crippen LogP contribution >= 0.6 is 0 Å². The lowest BCUT2D eigenvalue weighted by molar-refractivity contribution is 0.0881. The van der Waals surface area contributed by atoms with Crippen molar-refractivity contribution in [3.05, 3.63) is 18.2 Å². The lowest BCUT2D eigenvalue weighted by Gasteiger charge is -2.19. The minimum atomic E-state index is 0.225. The molecule has 0 aliphatic heterocycles.